The number of hydrogen-bond acceptors (Lipinski definition) is 2. The van der Waals surface area contributed by atoms with E-state index in [-0.39, 0.29) is 5.69 Å². The Morgan fingerprint density at radius 3 is 2.60 bits per heavy atom. The maximum absolute atomic E-state index is 13.7. The molecule has 0 bridgehead atoms. The Kier molecular flexibility index (Phi) is 3.98. The quantitative estimate of drug-likeness (QED) is 0.898. The zero-order chi connectivity index (χ0) is 14.7. The van der Waals surface area contributed by atoms with Gasteiger partial charge < -0.3 is 10.4 Å². The molecule has 0 saturated heterocycles. The zero-order valence-electron chi connectivity index (χ0n) is 10.8. The van der Waals surface area contributed by atoms with Gasteiger partial charge in [-0.1, -0.05) is 29.8 Å². The third kappa shape index (κ3) is 2.93. The number of carbonyl (C=O) groups is 1. The predicted octanol–water partition coefficient (Wildman–Crippen LogP) is 3.58. The lowest BCUT2D eigenvalue weighted by molar-refractivity contribution is 0.0690. The van der Waals surface area contributed by atoms with Crippen LogP contribution >= 0.6 is 0 Å². The Hall–Kier alpha value is -2.43. The summed E-state index contributed by atoms with van der Waals surface area (Å²) in [5.41, 5.74) is 1.25. The van der Waals surface area contributed by atoms with Crippen molar-refractivity contribution < 1.29 is 18.7 Å². The Labute approximate surface area is 114 Å². The largest absolute Gasteiger partial charge is 0.478 e. The van der Waals surface area contributed by atoms with Crippen molar-refractivity contribution in [3.05, 3.63) is 64.7 Å². The van der Waals surface area contributed by atoms with E-state index in [4.69, 9.17) is 5.11 Å². The molecule has 0 unspecified atom stereocenters. The van der Waals surface area contributed by atoms with Gasteiger partial charge in [-0.15, -0.1) is 0 Å². The molecule has 2 N–H and O–H groups in total. The predicted molar refractivity (Wildman–Crippen MR) is 71.8 cm³/mol. The minimum Gasteiger partial charge on any atom is -0.478 e. The Morgan fingerprint density at radius 2 is 1.95 bits per heavy atom. The molecule has 3 nitrogen and oxygen atoms in total. The molecule has 0 saturated carbocycles. The van der Waals surface area contributed by atoms with Crippen molar-refractivity contribution in [2.45, 2.75) is 13.5 Å². The minimum atomic E-state index is -1.49. The van der Waals surface area contributed by atoms with Crippen LogP contribution in [0.25, 0.3) is 0 Å². The Bertz CT molecular complexity index is 656. The molecular formula is C15H13F2NO2. The monoisotopic (exact) mass is 277 g/mol. The molecule has 20 heavy (non-hydrogen) atoms. The van der Waals surface area contributed by atoms with Crippen molar-refractivity contribution in [2.24, 2.45) is 0 Å². The molecule has 2 aromatic rings. The molecule has 0 radical (unpaired) electrons. The first-order valence-electron chi connectivity index (χ1n) is 5.99. The van der Waals surface area contributed by atoms with Gasteiger partial charge in [0.25, 0.3) is 0 Å². The molecule has 104 valence electrons. The molecule has 5 heteroatoms. The first-order chi connectivity index (χ1) is 9.49. The second-order valence-corrected chi connectivity index (χ2v) is 4.44. The van der Waals surface area contributed by atoms with Gasteiger partial charge in [0.2, 0.25) is 0 Å². The van der Waals surface area contributed by atoms with Gasteiger partial charge in [-0.3, -0.25) is 0 Å². The lowest BCUT2D eigenvalue weighted by Gasteiger charge is -2.09. The second-order valence-electron chi connectivity index (χ2n) is 4.44. The summed E-state index contributed by atoms with van der Waals surface area (Å²) in [5, 5.41) is 11.4. The summed E-state index contributed by atoms with van der Waals surface area (Å²) in [6.45, 7) is 2.26. The number of rotatable bonds is 4. The number of aromatic carboxylic acids is 1. The molecule has 2 aromatic carbocycles. The topological polar surface area (TPSA) is 49.3 Å². The van der Waals surface area contributed by atoms with Gasteiger partial charge in [-0.2, -0.15) is 0 Å². The fourth-order valence-electron chi connectivity index (χ4n) is 1.87. The highest BCUT2D eigenvalue weighted by Crippen LogP contribution is 2.21. The number of benzene rings is 2. The molecule has 0 spiro atoms. The molecule has 0 aliphatic heterocycles. The smallest absolute Gasteiger partial charge is 0.338 e. The molecule has 0 fully saturated rings. The molecule has 0 amide bonds. The molecule has 0 heterocycles. The summed E-state index contributed by atoms with van der Waals surface area (Å²) < 4.78 is 27.2. The van der Waals surface area contributed by atoms with E-state index in [9.17, 15) is 13.6 Å². The molecule has 0 atom stereocenters. The minimum absolute atomic E-state index is 0.0611. The van der Waals surface area contributed by atoms with Crippen LogP contribution in [0.4, 0.5) is 14.5 Å². The van der Waals surface area contributed by atoms with Crippen LogP contribution in [0.5, 0.6) is 0 Å². The van der Waals surface area contributed by atoms with Gasteiger partial charge in [-0.25, -0.2) is 13.6 Å². The normalized spacial score (nSPS) is 10.3. The van der Waals surface area contributed by atoms with Crippen LogP contribution in [0.2, 0.25) is 0 Å². The summed E-state index contributed by atoms with van der Waals surface area (Å²) in [4.78, 5) is 10.7. The van der Waals surface area contributed by atoms with E-state index in [1.165, 1.54) is 6.07 Å². The van der Waals surface area contributed by atoms with Crippen LogP contribution in [0.15, 0.2) is 36.4 Å². The van der Waals surface area contributed by atoms with Gasteiger partial charge in [0.1, 0.15) is 0 Å². The number of hydrogen-bond donors (Lipinski definition) is 2. The van der Waals surface area contributed by atoms with E-state index in [2.05, 4.69) is 5.32 Å². The first-order valence-corrected chi connectivity index (χ1v) is 5.99. The maximum atomic E-state index is 13.7. The summed E-state index contributed by atoms with van der Waals surface area (Å²) in [6.07, 6.45) is 0. The van der Waals surface area contributed by atoms with Gasteiger partial charge >= 0.3 is 5.97 Å². The van der Waals surface area contributed by atoms with E-state index >= 15 is 0 Å². The van der Waals surface area contributed by atoms with Gasteiger partial charge in [-0.05, 0) is 24.6 Å². The van der Waals surface area contributed by atoms with Crippen molar-refractivity contribution in [3.63, 3.8) is 0 Å². The lowest BCUT2D eigenvalue weighted by Crippen LogP contribution is -2.07. The van der Waals surface area contributed by atoms with Gasteiger partial charge in [0, 0.05) is 6.54 Å². The third-order valence-corrected chi connectivity index (χ3v) is 2.88. The molecule has 0 aromatic heterocycles. The van der Waals surface area contributed by atoms with Crippen molar-refractivity contribution in [2.75, 3.05) is 5.32 Å². The van der Waals surface area contributed by atoms with Crippen molar-refractivity contribution >= 4 is 11.7 Å². The fourth-order valence-corrected chi connectivity index (χ4v) is 1.87. The van der Waals surface area contributed by atoms with Crippen molar-refractivity contribution in [1.82, 2.24) is 0 Å². The average Bonchev–Trinajstić information content (AvgIpc) is 2.40. The van der Waals surface area contributed by atoms with E-state index in [0.717, 1.165) is 17.2 Å². The SMILES string of the molecule is Cc1cccc(CNc2ccc(C(=O)O)c(F)c2F)c1. The summed E-state index contributed by atoms with van der Waals surface area (Å²) in [6, 6.07) is 9.85. The molecule has 0 aliphatic carbocycles. The molecular weight excluding hydrogens is 264 g/mol. The standard InChI is InChI=1S/C15H13F2NO2/c1-9-3-2-4-10(7-9)8-18-12-6-5-11(15(19)20)13(16)14(12)17/h2-7,18H,8H2,1H3,(H,19,20). The van der Waals surface area contributed by atoms with E-state index < -0.39 is 23.2 Å². The van der Waals surface area contributed by atoms with Crippen LogP contribution < -0.4 is 5.32 Å². The Morgan fingerprint density at radius 1 is 1.20 bits per heavy atom. The average molecular weight is 277 g/mol. The second kappa shape index (κ2) is 5.69. The number of aryl methyl sites for hydroxylation is 1. The van der Waals surface area contributed by atoms with Crippen LogP contribution in [-0.4, -0.2) is 11.1 Å². The fraction of sp³-hybridized carbons (Fsp3) is 0.133. The van der Waals surface area contributed by atoms with Crippen molar-refractivity contribution in [1.29, 1.82) is 0 Å². The number of halogens is 2. The van der Waals surface area contributed by atoms with E-state index in [1.54, 1.807) is 0 Å². The molecule has 0 aliphatic rings. The van der Waals surface area contributed by atoms with Crippen LogP contribution in [0, 0.1) is 18.6 Å². The van der Waals surface area contributed by atoms with Crippen LogP contribution in [0.1, 0.15) is 21.5 Å². The van der Waals surface area contributed by atoms with Gasteiger partial charge in [0.05, 0.1) is 11.3 Å². The summed E-state index contributed by atoms with van der Waals surface area (Å²) in [5.74, 6) is -4.03. The highest BCUT2D eigenvalue weighted by molar-refractivity contribution is 5.88. The van der Waals surface area contributed by atoms with Gasteiger partial charge in [0.15, 0.2) is 11.6 Å². The molecule has 2 rings (SSSR count). The number of anilines is 1. The van der Waals surface area contributed by atoms with E-state index in [0.29, 0.717) is 6.54 Å². The van der Waals surface area contributed by atoms with E-state index in [1.807, 2.05) is 31.2 Å². The number of carboxylic acid groups (broad SMARTS) is 1. The zero-order valence-corrected chi connectivity index (χ0v) is 10.8. The first kappa shape index (κ1) is 14.0. The summed E-state index contributed by atoms with van der Waals surface area (Å²) >= 11 is 0. The highest BCUT2D eigenvalue weighted by atomic mass is 19.2. The van der Waals surface area contributed by atoms with Crippen LogP contribution in [0.3, 0.4) is 0 Å². The van der Waals surface area contributed by atoms with Crippen molar-refractivity contribution in [3.8, 4) is 0 Å². The maximum Gasteiger partial charge on any atom is 0.338 e. The van der Waals surface area contributed by atoms with Crippen LogP contribution in [-0.2, 0) is 6.54 Å². The third-order valence-electron chi connectivity index (χ3n) is 2.88. The lowest BCUT2D eigenvalue weighted by atomic mass is 10.1. The Balaban J connectivity index is 2.18. The number of nitrogens with one attached hydrogen (secondary N) is 1. The summed E-state index contributed by atoms with van der Waals surface area (Å²) in [7, 11) is 0. The number of carboxylic acids is 1. The highest BCUT2D eigenvalue weighted by Gasteiger charge is 2.17.